The Kier molecular flexibility index (Phi) is 6.86. The second-order valence-electron chi connectivity index (χ2n) is 9.12. The zero-order chi connectivity index (χ0) is 25.2. The van der Waals surface area contributed by atoms with E-state index in [9.17, 15) is 9.59 Å². The number of benzene rings is 2. The van der Waals surface area contributed by atoms with E-state index in [0.29, 0.717) is 12.2 Å². The van der Waals surface area contributed by atoms with Crippen LogP contribution in [0.25, 0.3) is 5.57 Å². The van der Waals surface area contributed by atoms with Crippen molar-refractivity contribution in [1.29, 1.82) is 0 Å². The molecule has 180 valence electrons. The molecule has 0 spiro atoms. The Labute approximate surface area is 205 Å². The first kappa shape index (κ1) is 24.4. The minimum atomic E-state index is -2.17. The highest BCUT2D eigenvalue weighted by Crippen LogP contribution is 2.43. The average molecular weight is 489 g/mol. The molecule has 1 aliphatic carbocycles. The highest BCUT2D eigenvalue weighted by molar-refractivity contribution is 6.98. The molecule has 7 nitrogen and oxygen atoms in total. The minimum absolute atomic E-state index is 0.144. The lowest BCUT2D eigenvalue weighted by Crippen LogP contribution is -2.50. The predicted molar refractivity (Wildman–Crippen MR) is 140 cm³/mol. The molecule has 0 radical (unpaired) electrons. The van der Waals surface area contributed by atoms with Crippen molar-refractivity contribution < 1.29 is 24.5 Å². The third kappa shape index (κ3) is 4.75. The molecule has 0 saturated heterocycles. The molecule has 35 heavy (non-hydrogen) atoms. The summed E-state index contributed by atoms with van der Waals surface area (Å²) in [5, 5.41) is 11.6. The molecule has 4 rings (SSSR count). The van der Waals surface area contributed by atoms with Crippen LogP contribution in [0, 0.1) is 0 Å². The molecule has 8 heteroatoms. The normalized spacial score (nSPS) is 16.6. The van der Waals surface area contributed by atoms with Crippen molar-refractivity contribution in [1.82, 2.24) is 0 Å². The lowest BCUT2D eigenvalue weighted by molar-refractivity contribution is -0.134. The topological polar surface area (TPSA) is 116 Å². The predicted octanol–water partition coefficient (Wildman–Crippen LogP) is 1.84. The van der Waals surface area contributed by atoms with Crippen LogP contribution in [0.5, 0.6) is 5.75 Å². The van der Waals surface area contributed by atoms with Gasteiger partial charge in [0.15, 0.2) is 11.9 Å². The number of methoxy groups -OCH3 is 1. The number of hydrogen-bond acceptors (Lipinski definition) is 5. The van der Waals surface area contributed by atoms with Crippen LogP contribution in [0.2, 0.25) is 13.1 Å². The van der Waals surface area contributed by atoms with E-state index in [-0.39, 0.29) is 18.7 Å². The van der Waals surface area contributed by atoms with Crippen molar-refractivity contribution in [3.8, 4) is 5.75 Å². The van der Waals surface area contributed by atoms with Crippen molar-refractivity contribution in [2.45, 2.75) is 32.2 Å². The third-order valence-electron chi connectivity index (χ3n) is 6.49. The number of amides is 1. The van der Waals surface area contributed by atoms with E-state index < -0.39 is 14.3 Å². The highest BCUT2D eigenvalue weighted by Gasteiger charge is 2.40. The van der Waals surface area contributed by atoms with Crippen LogP contribution in [-0.4, -0.2) is 39.5 Å². The van der Waals surface area contributed by atoms with Crippen LogP contribution in [-0.2, 0) is 14.3 Å². The minimum Gasteiger partial charge on any atom is -0.496 e. The molecule has 0 fully saturated rings. The van der Waals surface area contributed by atoms with Gasteiger partial charge in [0.25, 0.3) is 6.47 Å². The van der Waals surface area contributed by atoms with Crippen LogP contribution in [0.3, 0.4) is 0 Å². The van der Waals surface area contributed by atoms with Crippen molar-refractivity contribution in [2.75, 3.05) is 12.4 Å². The van der Waals surface area contributed by atoms with Gasteiger partial charge in [0, 0.05) is 36.2 Å². The first-order chi connectivity index (χ1) is 16.8. The van der Waals surface area contributed by atoms with Crippen LogP contribution >= 0.6 is 0 Å². The largest absolute Gasteiger partial charge is 0.496 e. The summed E-state index contributed by atoms with van der Waals surface area (Å²) < 4.78 is 10.4. The average Bonchev–Trinajstić information content (AvgIpc) is 2.84. The summed E-state index contributed by atoms with van der Waals surface area (Å²) in [6.45, 7) is 4.88. The Morgan fingerprint density at radius 3 is 2.69 bits per heavy atom. The molecule has 5 N–H and O–H groups in total. The smallest absolute Gasteiger partial charge is 0.294 e. The van der Waals surface area contributed by atoms with Gasteiger partial charge in [-0.05, 0) is 51.4 Å². The standard InChI is InChI=1S/C27H29N3O4Si/c1-33-22-7-5-4-6-19(22)27-20-10-8-17(28)14-23(20)35(2,3)24-15-18(9-11-21(24)27)30-26(32)13-12-25(29)34-16-31/h4-11,14-16,25,28H,12-13,29H2,1-3H3,(H,30,32)/p+1/t25-/m1/s1. The molecular weight excluding hydrogens is 458 g/mol. The number of anilines is 1. The van der Waals surface area contributed by atoms with Crippen LogP contribution in [0.4, 0.5) is 5.69 Å². The highest BCUT2D eigenvalue weighted by atomic mass is 28.3. The van der Waals surface area contributed by atoms with E-state index in [1.54, 1.807) is 7.11 Å². The van der Waals surface area contributed by atoms with E-state index in [4.69, 9.17) is 15.9 Å². The van der Waals surface area contributed by atoms with Crippen LogP contribution < -0.4 is 26.4 Å². The summed E-state index contributed by atoms with van der Waals surface area (Å²) in [6, 6.07) is 14.1. The first-order valence-corrected chi connectivity index (χ1v) is 14.5. The molecule has 1 aliphatic heterocycles. The van der Waals surface area contributed by atoms with Gasteiger partial charge in [0.1, 0.15) is 13.8 Å². The maximum Gasteiger partial charge on any atom is 0.294 e. The lowest BCUT2D eigenvalue weighted by atomic mass is 9.89. The summed E-state index contributed by atoms with van der Waals surface area (Å²) in [6.07, 6.45) is 5.72. The Morgan fingerprint density at radius 2 is 1.94 bits per heavy atom. The van der Waals surface area contributed by atoms with Gasteiger partial charge in [-0.1, -0.05) is 37.4 Å². The Hall–Kier alpha value is -3.75. The van der Waals surface area contributed by atoms with Crippen molar-refractivity contribution in [3.05, 3.63) is 82.6 Å². The number of rotatable bonds is 8. The van der Waals surface area contributed by atoms with E-state index in [1.807, 2.05) is 30.3 Å². The maximum absolute atomic E-state index is 12.5. The Bertz CT molecular complexity index is 1290. The summed E-state index contributed by atoms with van der Waals surface area (Å²) in [4.78, 5) is 22.9. The fourth-order valence-corrected chi connectivity index (χ4v) is 7.82. The number of nitrogens with two attached hydrogens (primary N) is 2. The monoisotopic (exact) mass is 488 g/mol. The molecule has 0 bridgehead atoms. The Balaban J connectivity index is 1.78. The van der Waals surface area contributed by atoms with Crippen molar-refractivity contribution >= 4 is 42.6 Å². The molecular formula is C27H30N3O4Si+. The molecule has 2 aromatic rings. The summed E-state index contributed by atoms with van der Waals surface area (Å²) in [5.74, 6) is 0.604. The van der Waals surface area contributed by atoms with Crippen molar-refractivity contribution in [2.24, 2.45) is 5.73 Å². The number of para-hydroxylation sites is 1. The van der Waals surface area contributed by atoms with Gasteiger partial charge in [0.2, 0.25) is 5.91 Å². The summed E-state index contributed by atoms with van der Waals surface area (Å²) in [7, 11) is -0.490. The second-order valence-corrected chi connectivity index (χ2v) is 13.5. The fraction of sp³-hybridized carbons (Fsp3) is 0.222. The zero-order valence-corrected chi connectivity index (χ0v) is 21.1. The van der Waals surface area contributed by atoms with E-state index in [2.05, 4.69) is 53.5 Å². The lowest BCUT2D eigenvalue weighted by Gasteiger charge is -2.37. The van der Waals surface area contributed by atoms with Gasteiger partial charge in [-0.25, -0.2) is 0 Å². The molecule has 0 aromatic heterocycles. The van der Waals surface area contributed by atoms with Gasteiger partial charge in [0.05, 0.1) is 7.11 Å². The number of nitrogens with one attached hydrogen (secondary N) is 1. The molecule has 0 unspecified atom stereocenters. The second kappa shape index (κ2) is 9.85. The fourth-order valence-electron chi connectivity index (χ4n) is 4.72. The van der Waals surface area contributed by atoms with Gasteiger partial charge >= 0.3 is 0 Å². The number of fused-ring (bicyclic) bond motifs is 2. The van der Waals surface area contributed by atoms with Gasteiger partial charge < -0.3 is 14.8 Å². The van der Waals surface area contributed by atoms with Crippen molar-refractivity contribution in [3.63, 3.8) is 0 Å². The molecule has 1 amide bonds. The number of carbonyl (C=O) groups excluding carboxylic acids is 2. The van der Waals surface area contributed by atoms with Crippen LogP contribution in [0.1, 0.15) is 24.0 Å². The van der Waals surface area contributed by atoms with E-state index >= 15 is 0 Å². The van der Waals surface area contributed by atoms with E-state index in [1.165, 1.54) is 10.4 Å². The zero-order valence-electron chi connectivity index (χ0n) is 20.1. The molecule has 0 saturated carbocycles. The van der Waals surface area contributed by atoms with E-state index in [0.717, 1.165) is 33.7 Å². The number of allylic oxidation sites excluding steroid dienone is 5. The summed E-state index contributed by atoms with van der Waals surface area (Å²) >= 11 is 0. The number of ether oxygens (including phenoxy) is 2. The SMILES string of the molecule is COc1ccccc1C1=C2C=CC(=[NH2+])C=C2[Si](C)(C)c2cc(NC(=O)CC[C@H](N)OC=O)ccc21. The van der Waals surface area contributed by atoms with Crippen LogP contribution in [0.15, 0.2) is 71.5 Å². The quantitative estimate of drug-likeness (QED) is 0.298. The number of carbonyl (C=O) groups is 2. The molecule has 1 atom stereocenters. The van der Waals surface area contributed by atoms with Gasteiger partial charge in [-0.15, -0.1) is 0 Å². The molecule has 2 aromatic carbocycles. The maximum atomic E-state index is 12.5. The number of hydrogen-bond donors (Lipinski definition) is 3. The molecule has 2 aliphatic rings. The summed E-state index contributed by atoms with van der Waals surface area (Å²) in [5.41, 5.74) is 11.5. The van der Waals surface area contributed by atoms with Gasteiger partial charge in [-0.2, -0.15) is 0 Å². The van der Waals surface area contributed by atoms with Gasteiger partial charge in [-0.3, -0.25) is 20.7 Å². The first-order valence-electron chi connectivity index (χ1n) is 11.5. The Morgan fingerprint density at radius 1 is 1.17 bits per heavy atom. The molecule has 1 heterocycles. The third-order valence-corrected chi connectivity index (χ3v) is 10.0.